The molecule has 0 saturated carbocycles. The summed E-state index contributed by atoms with van der Waals surface area (Å²) in [6.07, 6.45) is 7.16. The molecule has 2 atom stereocenters. The highest BCUT2D eigenvalue weighted by molar-refractivity contribution is 4.82. The van der Waals surface area contributed by atoms with E-state index >= 15 is 0 Å². The van der Waals surface area contributed by atoms with Crippen molar-refractivity contribution >= 4 is 0 Å². The van der Waals surface area contributed by atoms with Crippen LogP contribution < -0.4 is 0 Å². The Balaban J connectivity index is 3.53. The standard InChI is InChI=1S/C12H24/c1-6-7-11(4)8-9-12(5)10(2)3/h6-7,10-12H,8-9H2,1-5H3/b7-6+. The maximum atomic E-state index is 2.35. The summed E-state index contributed by atoms with van der Waals surface area (Å²) in [4.78, 5) is 0. The van der Waals surface area contributed by atoms with Gasteiger partial charge < -0.3 is 0 Å². The van der Waals surface area contributed by atoms with Crippen LogP contribution in [0.2, 0.25) is 0 Å². The van der Waals surface area contributed by atoms with E-state index < -0.39 is 0 Å². The number of rotatable bonds is 5. The van der Waals surface area contributed by atoms with Gasteiger partial charge in [0.05, 0.1) is 0 Å². The van der Waals surface area contributed by atoms with Gasteiger partial charge in [0.2, 0.25) is 0 Å². The minimum Gasteiger partial charge on any atom is -0.0914 e. The Bertz CT molecular complexity index is 122. The number of hydrogen-bond acceptors (Lipinski definition) is 0. The lowest BCUT2D eigenvalue weighted by Crippen LogP contribution is -2.05. The van der Waals surface area contributed by atoms with E-state index in [4.69, 9.17) is 0 Å². The Labute approximate surface area is 78.1 Å². The smallest absolute Gasteiger partial charge is 0.0262 e. The third-order valence-electron chi connectivity index (χ3n) is 2.74. The Morgan fingerprint density at radius 3 is 2.00 bits per heavy atom. The van der Waals surface area contributed by atoms with Gasteiger partial charge in [-0.25, -0.2) is 0 Å². The number of allylic oxidation sites excluding steroid dienone is 2. The molecule has 0 aliphatic carbocycles. The molecule has 0 radical (unpaired) electrons. The molecule has 0 fully saturated rings. The molecule has 0 aliphatic rings. The highest BCUT2D eigenvalue weighted by Crippen LogP contribution is 2.19. The van der Waals surface area contributed by atoms with E-state index in [9.17, 15) is 0 Å². The van der Waals surface area contributed by atoms with Gasteiger partial charge in [-0.3, -0.25) is 0 Å². The molecule has 0 nitrogen and oxygen atoms in total. The van der Waals surface area contributed by atoms with Crippen molar-refractivity contribution in [2.75, 3.05) is 0 Å². The molecule has 12 heavy (non-hydrogen) atoms. The molecule has 0 aliphatic heterocycles. The van der Waals surface area contributed by atoms with Gasteiger partial charge >= 0.3 is 0 Å². The van der Waals surface area contributed by atoms with Crippen LogP contribution in [0.1, 0.15) is 47.5 Å². The third-order valence-corrected chi connectivity index (χ3v) is 2.74. The summed E-state index contributed by atoms with van der Waals surface area (Å²) in [6, 6.07) is 0. The largest absolute Gasteiger partial charge is 0.0914 e. The monoisotopic (exact) mass is 168 g/mol. The van der Waals surface area contributed by atoms with E-state index in [1.807, 2.05) is 0 Å². The average Bonchev–Trinajstić information content (AvgIpc) is 2.00. The Morgan fingerprint density at radius 2 is 1.58 bits per heavy atom. The quantitative estimate of drug-likeness (QED) is 0.538. The molecule has 0 heteroatoms. The summed E-state index contributed by atoms with van der Waals surface area (Å²) in [5, 5.41) is 0. The molecule has 72 valence electrons. The van der Waals surface area contributed by atoms with Crippen molar-refractivity contribution in [1.82, 2.24) is 0 Å². The molecule has 0 saturated heterocycles. The predicted molar refractivity (Wildman–Crippen MR) is 57.2 cm³/mol. The van der Waals surface area contributed by atoms with Gasteiger partial charge in [0.25, 0.3) is 0 Å². The molecule has 0 aromatic carbocycles. The Kier molecular flexibility index (Phi) is 6.14. The van der Waals surface area contributed by atoms with Crippen molar-refractivity contribution in [3.63, 3.8) is 0 Å². The average molecular weight is 168 g/mol. The van der Waals surface area contributed by atoms with E-state index in [2.05, 4.69) is 46.8 Å². The predicted octanol–water partition coefficient (Wildman–Crippen LogP) is 4.27. The van der Waals surface area contributed by atoms with E-state index in [0.717, 1.165) is 17.8 Å². The minimum absolute atomic E-state index is 0.760. The highest BCUT2D eigenvalue weighted by atomic mass is 14.1. The van der Waals surface area contributed by atoms with Crippen LogP contribution in [0.25, 0.3) is 0 Å². The molecule has 0 spiro atoms. The van der Waals surface area contributed by atoms with Crippen LogP contribution in [0.4, 0.5) is 0 Å². The third kappa shape index (κ3) is 5.40. The fraction of sp³-hybridized carbons (Fsp3) is 0.833. The fourth-order valence-electron chi connectivity index (χ4n) is 1.28. The molecule has 2 unspecified atom stereocenters. The lowest BCUT2D eigenvalue weighted by molar-refractivity contribution is 0.366. The zero-order chi connectivity index (χ0) is 9.56. The van der Waals surface area contributed by atoms with Crippen molar-refractivity contribution in [1.29, 1.82) is 0 Å². The van der Waals surface area contributed by atoms with Gasteiger partial charge in [0, 0.05) is 0 Å². The van der Waals surface area contributed by atoms with Gasteiger partial charge in [-0.1, -0.05) is 39.8 Å². The van der Waals surface area contributed by atoms with Gasteiger partial charge in [-0.05, 0) is 37.5 Å². The first-order valence-electron chi connectivity index (χ1n) is 5.20. The van der Waals surface area contributed by atoms with Gasteiger partial charge in [0.15, 0.2) is 0 Å². The second kappa shape index (κ2) is 6.28. The lowest BCUT2D eigenvalue weighted by Gasteiger charge is -2.16. The summed E-state index contributed by atoms with van der Waals surface area (Å²) in [6.45, 7) is 11.4. The summed E-state index contributed by atoms with van der Waals surface area (Å²) >= 11 is 0. The minimum atomic E-state index is 0.760. The molecule has 0 heterocycles. The van der Waals surface area contributed by atoms with Crippen LogP contribution in [0.5, 0.6) is 0 Å². The van der Waals surface area contributed by atoms with Crippen molar-refractivity contribution in [3.05, 3.63) is 12.2 Å². The molecule has 0 N–H and O–H groups in total. The first-order chi connectivity index (χ1) is 5.57. The van der Waals surface area contributed by atoms with Crippen molar-refractivity contribution < 1.29 is 0 Å². The van der Waals surface area contributed by atoms with Gasteiger partial charge in [-0.2, -0.15) is 0 Å². The van der Waals surface area contributed by atoms with Crippen LogP contribution in [0, 0.1) is 17.8 Å². The van der Waals surface area contributed by atoms with Crippen LogP contribution >= 0.6 is 0 Å². The van der Waals surface area contributed by atoms with Crippen molar-refractivity contribution in [2.45, 2.75) is 47.5 Å². The van der Waals surface area contributed by atoms with Crippen molar-refractivity contribution in [2.24, 2.45) is 17.8 Å². The maximum Gasteiger partial charge on any atom is -0.0262 e. The van der Waals surface area contributed by atoms with Gasteiger partial charge in [-0.15, -0.1) is 0 Å². The van der Waals surface area contributed by atoms with Crippen LogP contribution in [0.15, 0.2) is 12.2 Å². The maximum absolute atomic E-state index is 2.35. The first-order valence-corrected chi connectivity index (χ1v) is 5.20. The first kappa shape index (κ1) is 11.7. The number of hydrogen-bond donors (Lipinski definition) is 0. The zero-order valence-corrected chi connectivity index (χ0v) is 9.30. The summed E-state index contributed by atoms with van der Waals surface area (Å²) in [7, 11) is 0. The van der Waals surface area contributed by atoms with Crippen molar-refractivity contribution in [3.8, 4) is 0 Å². The van der Waals surface area contributed by atoms with Crippen LogP contribution in [-0.2, 0) is 0 Å². The normalized spacial score (nSPS) is 17.2. The second-order valence-electron chi connectivity index (χ2n) is 4.30. The SMILES string of the molecule is C/C=C/C(C)CCC(C)C(C)C. The topological polar surface area (TPSA) is 0 Å². The lowest BCUT2D eigenvalue weighted by atomic mass is 9.90. The second-order valence-corrected chi connectivity index (χ2v) is 4.30. The van der Waals surface area contributed by atoms with E-state index in [1.54, 1.807) is 0 Å². The Hall–Kier alpha value is -0.260. The van der Waals surface area contributed by atoms with Crippen LogP contribution in [0.3, 0.4) is 0 Å². The Morgan fingerprint density at radius 1 is 1.00 bits per heavy atom. The highest BCUT2D eigenvalue weighted by Gasteiger charge is 2.07. The summed E-state index contributed by atoms with van der Waals surface area (Å²) < 4.78 is 0. The van der Waals surface area contributed by atoms with Crippen LogP contribution in [-0.4, -0.2) is 0 Å². The van der Waals surface area contributed by atoms with E-state index in [1.165, 1.54) is 12.8 Å². The summed E-state index contributed by atoms with van der Waals surface area (Å²) in [5.74, 6) is 2.47. The molecular weight excluding hydrogens is 144 g/mol. The molecule has 0 rings (SSSR count). The summed E-state index contributed by atoms with van der Waals surface area (Å²) in [5.41, 5.74) is 0. The molecule has 0 amide bonds. The zero-order valence-electron chi connectivity index (χ0n) is 9.30. The molecular formula is C12H24. The molecule has 0 bridgehead atoms. The van der Waals surface area contributed by atoms with Gasteiger partial charge in [0.1, 0.15) is 0 Å². The molecule has 0 aromatic rings. The fourth-order valence-corrected chi connectivity index (χ4v) is 1.28. The van der Waals surface area contributed by atoms with E-state index in [0.29, 0.717) is 0 Å². The van der Waals surface area contributed by atoms with E-state index in [-0.39, 0.29) is 0 Å². The molecule has 0 aromatic heterocycles.